The first kappa shape index (κ1) is 30.1. The molecule has 0 bridgehead atoms. The highest BCUT2D eigenvalue weighted by molar-refractivity contribution is 7.00. The second-order valence-electron chi connectivity index (χ2n) is 11.6. The maximum atomic E-state index is 4.73. The molecule has 5 heteroatoms. The summed E-state index contributed by atoms with van der Waals surface area (Å²) in [6.45, 7) is 0. The molecule has 0 aliphatic heterocycles. The van der Waals surface area contributed by atoms with Gasteiger partial charge in [-0.3, -0.25) is 0 Å². The summed E-state index contributed by atoms with van der Waals surface area (Å²) < 4.78 is 9.44. The zero-order valence-corrected chi connectivity index (χ0v) is 27.5. The number of hydrogen-bond acceptors (Lipinski definition) is 5. The minimum absolute atomic E-state index is 0.911. The number of benzene rings is 7. The lowest BCUT2D eigenvalue weighted by atomic mass is 10.00. The predicted octanol–water partition coefficient (Wildman–Crippen LogP) is 12.5. The Morgan fingerprint density at radius 2 is 0.776 bits per heavy atom. The fourth-order valence-corrected chi connectivity index (χ4v) is 6.75. The van der Waals surface area contributed by atoms with Crippen LogP contribution in [0, 0.1) is 0 Å². The van der Waals surface area contributed by atoms with Crippen LogP contribution in [-0.2, 0) is 0 Å². The van der Waals surface area contributed by atoms with E-state index in [1.807, 2.05) is 24.3 Å². The Balaban J connectivity index is 1.06. The van der Waals surface area contributed by atoms with Crippen molar-refractivity contribution in [2.24, 2.45) is 0 Å². The first-order valence-electron chi connectivity index (χ1n) is 16.3. The third-order valence-corrected chi connectivity index (χ3v) is 9.08. The maximum absolute atomic E-state index is 4.73. The summed E-state index contributed by atoms with van der Waals surface area (Å²) in [6, 6.07) is 63.5. The van der Waals surface area contributed by atoms with E-state index < -0.39 is 0 Å². The zero-order valence-electron chi connectivity index (χ0n) is 26.7. The van der Waals surface area contributed by atoms with Crippen LogP contribution in [0.25, 0.3) is 34.3 Å². The Morgan fingerprint density at radius 3 is 1.24 bits per heavy atom. The van der Waals surface area contributed by atoms with Crippen LogP contribution >= 0.6 is 11.7 Å². The van der Waals surface area contributed by atoms with Gasteiger partial charge in [0.2, 0.25) is 0 Å². The van der Waals surface area contributed by atoms with Crippen molar-refractivity contribution in [2.75, 3.05) is 9.80 Å². The number of rotatable bonds is 9. The molecule has 0 saturated carbocycles. The molecule has 0 amide bonds. The average Bonchev–Trinajstić information content (AvgIpc) is 3.68. The van der Waals surface area contributed by atoms with Crippen LogP contribution in [0.15, 0.2) is 182 Å². The van der Waals surface area contributed by atoms with Crippen molar-refractivity contribution in [1.29, 1.82) is 0 Å². The minimum Gasteiger partial charge on any atom is -0.311 e. The summed E-state index contributed by atoms with van der Waals surface area (Å²) in [7, 11) is 0. The Labute approximate surface area is 290 Å². The molecule has 49 heavy (non-hydrogen) atoms. The molecule has 0 atom stereocenters. The van der Waals surface area contributed by atoms with E-state index in [-0.39, 0.29) is 0 Å². The van der Waals surface area contributed by atoms with Crippen LogP contribution in [0.5, 0.6) is 0 Å². The van der Waals surface area contributed by atoms with E-state index in [0.717, 1.165) is 67.4 Å². The van der Waals surface area contributed by atoms with Crippen molar-refractivity contribution in [2.45, 2.75) is 0 Å². The van der Waals surface area contributed by atoms with Gasteiger partial charge in [0, 0.05) is 45.3 Å². The lowest BCUT2D eigenvalue weighted by Gasteiger charge is -2.25. The number of fused-ring (bicyclic) bond motifs is 1. The maximum Gasteiger partial charge on any atom is 0.113 e. The monoisotopic (exact) mass is 648 g/mol. The van der Waals surface area contributed by atoms with Crippen molar-refractivity contribution in [3.63, 3.8) is 0 Å². The van der Waals surface area contributed by atoms with Crippen LogP contribution < -0.4 is 9.80 Å². The van der Waals surface area contributed by atoms with Crippen molar-refractivity contribution in [1.82, 2.24) is 8.75 Å². The van der Waals surface area contributed by atoms with Gasteiger partial charge >= 0.3 is 0 Å². The first-order chi connectivity index (χ1) is 24.3. The molecule has 4 nitrogen and oxygen atoms in total. The molecule has 0 N–H and O–H groups in total. The molecule has 0 aliphatic carbocycles. The van der Waals surface area contributed by atoms with Gasteiger partial charge < -0.3 is 9.80 Å². The fraction of sp³-hybridized carbons (Fsp3) is 0. The second kappa shape index (κ2) is 13.8. The summed E-state index contributed by atoms with van der Waals surface area (Å²) >= 11 is 1.25. The van der Waals surface area contributed by atoms with Crippen molar-refractivity contribution in [3.8, 4) is 11.1 Å². The molecule has 0 fully saturated rings. The molecule has 0 spiro atoms. The van der Waals surface area contributed by atoms with Crippen LogP contribution in [0.2, 0.25) is 0 Å². The van der Waals surface area contributed by atoms with Crippen molar-refractivity contribution in [3.05, 3.63) is 193 Å². The first-order valence-corrected chi connectivity index (χ1v) is 17.0. The standard InChI is InChI=1S/C44H32N4S/c1-5-13-36(14-6-1)47(37-15-7-2-8-16-37)40-28-22-33(23-29-40)21-24-35-27-32-42(44-43(35)45-49-46-44)34-25-30-41(31-26-34)48(38-17-9-3-10-18-38)39-19-11-4-12-20-39/h1-32H/b24-21+. The lowest BCUT2D eigenvalue weighted by molar-refractivity contribution is 1.28. The number of anilines is 6. The highest BCUT2D eigenvalue weighted by Crippen LogP contribution is 2.37. The molecule has 0 unspecified atom stereocenters. The quantitative estimate of drug-likeness (QED) is 0.146. The molecule has 0 radical (unpaired) electrons. The van der Waals surface area contributed by atoms with E-state index in [0.29, 0.717) is 0 Å². The summed E-state index contributed by atoms with van der Waals surface area (Å²) in [6.07, 6.45) is 4.28. The van der Waals surface area contributed by atoms with Gasteiger partial charge in [0.25, 0.3) is 0 Å². The third-order valence-electron chi connectivity index (χ3n) is 8.55. The number of para-hydroxylation sites is 4. The molecule has 8 rings (SSSR count). The number of aromatic nitrogens is 2. The second-order valence-corrected chi connectivity index (χ2v) is 12.2. The number of hydrogen-bond donors (Lipinski definition) is 0. The average molecular weight is 649 g/mol. The highest BCUT2D eigenvalue weighted by atomic mass is 32.1. The molecular formula is C44H32N4S. The molecule has 0 aliphatic rings. The largest absolute Gasteiger partial charge is 0.311 e. The molecular weight excluding hydrogens is 617 g/mol. The van der Waals surface area contributed by atoms with Crippen LogP contribution in [0.3, 0.4) is 0 Å². The Hall–Kier alpha value is -6.30. The van der Waals surface area contributed by atoms with Gasteiger partial charge in [-0.15, -0.1) is 0 Å². The van der Waals surface area contributed by atoms with E-state index in [2.05, 4.69) is 180 Å². The summed E-state index contributed by atoms with van der Waals surface area (Å²) in [5, 5.41) is 0. The van der Waals surface area contributed by atoms with Crippen LogP contribution in [0.4, 0.5) is 34.1 Å². The predicted molar refractivity (Wildman–Crippen MR) is 208 cm³/mol. The van der Waals surface area contributed by atoms with Gasteiger partial charge in [-0.2, -0.15) is 8.75 Å². The van der Waals surface area contributed by atoms with E-state index >= 15 is 0 Å². The normalized spacial score (nSPS) is 11.2. The smallest absolute Gasteiger partial charge is 0.113 e. The van der Waals surface area contributed by atoms with Gasteiger partial charge in [0.05, 0.1) is 11.7 Å². The van der Waals surface area contributed by atoms with Gasteiger partial charge in [-0.1, -0.05) is 121 Å². The van der Waals surface area contributed by atoms with Crippen molar-refractivity contribution >= 4 is 69.0 Å². The summed E-state index contributed by atoms with van der Waals surface area (Å²) in [5.41, 5.74) is 12.8. The fourth-order valence-electron chi connectivity index (χ4n) is 6.17. The zero-order chi connectivity index (χ0) is 32.8. The van der Waals surface area contributed by atoms with E-state index in [1.54, 1.807) is 0 Å². The topological polar surface area (TPSA) is 32.3 Å². The van der Waals surface area contributed by atoms with Gasteiger partial charge in [-0.25, -0.2) is 0 Å². The van der Waals surface area contributed by atoms with E-state index in [4.69, 9.17) is 8.75 Å². The molecule has 1 aromatic heterocycles. The van der Waals surface area contributed by atoms with Gasteiger partial charge in [0.15, 0.2) is 0 Å². The Kier molecular flexibility index (Phi) is 8.48. The van der Waals surface area contributed by atoms with E-state index in [1.165, 1.54) is 11.7 Å². The van der Waals surface area contributed by atoms with Crippen LogP contribution in [-0.4, -0.2) is 8.75 Å². The molecule has 8 aromatic rings. The SMILES string of the molecule is C(=C\c1ccc(-c2ccc(N(c3ccccc3)c3ccccc3)cc2)c2nsnc12)/c1ccc(N(c2ccccc2)c2ccccc2)cc1. The summed E-state index contributed by atoms with van der Waals surface area (Å²) in [5.74, 6) is 0. The van der Waals surface area contributed by atoms with Crippen molar-refractivity contribution < 1.29 is 0 Å². The number of nitrogens with zero attached hydrogens (tertiary/aromatic N) is 4. The molecule has 0 saturated heterocycles. The summed E-state index contributed by atoms with van der Waals surface area (Å²) in [4.78, 5) is 4.54. The van der Waals surface area contributed by atoms with Gasteiger partial charge in [0.1, 0.15) is 11.0 Å². The Bertz CT molecular complexity index is 2220. The molecule has 7 aromatic carbocycles. The minimum atomic E-state index is 0.911. The Morgan fingerprint density at radius 1 is 0.367 bits per heavy atom. The van der Waals surface area contributed by atoms with E-state index in [9.17, 15) is 0 Å². The highest BCUT2D eigenvalue weighted by Gasteiger charge is 2.15. The molecule has 1 heterocycles. The molecule has 234 valence electrons. The third kappa shape index (κ3) is 6.35. The lowest BCUT2D eigenvalue weighted by Crippen LogP contribution is -2.09. The van der Waals surface area contributed by atoms with Gasteiger partial charge in [-0.05, 0) is 83.9 Å². The van der Waals surface area contributed by atoms with Crippen LogP contribution in [0.1, 0.15) is 11.1 Å².